The van der Waals surface area contributed by atoms with Gasteiger partial charge in [0.25, 0.3) is 5.91 Å². The topological polar surface area (TPSA) is 61.0 Å². The van der Waals surface area contributed by atoms with Crippen molar-refractivity contribution in [3.05, 3.63) is 17.5 Å². The van der Waals surface area contributed by atoms with Gasteiger partial charge in [0, 0.05) is 24.8 Å². The Morgan fingerprint density at radius 2 is 2.53 bits per heavy atom. The van der Waals surface area contributed by atoms with Gasteiger partial charge >= 0.3 is 0 Å². The van der Waals surface area contributed by atoms with Crippen molar-refractivity contribution in [3.63, 3.8) is 0 Å². The maximum atomic E-state index is 11.9. The van der Waals surface area contributed by atoms with Crippen LogP contribution < -0.4 is 5.32 Å². The maximum Gasteiger partial charge on any atom is 0.274 e. The van der Waals surface area contributed by atoms with E-state index in [4.69, 9.17) is 0 Å². The molecule has 0 radical (unpaired) electrons. The van der Waals surface area contributed by atoms with Crippen molar-refractivity contribution in [1.82, 2.24) is 20.4 Å². The lowest BCUT2D eigenvalue weighted by molar-refractivity contribution is 0.0784. The number of nitrogens with one attached hydrogen (secondary N) is 2. The van der Waals surface area contributed by atoms with Crippen LogP contribution in [0.5, 0.6) is 0 Å². The Bertz CT molecular complexity index is 360. The number of H-pyrrole nitrogens is 1. The second-order valence-corrected chi connectivity index (χ2v) is 3.96. The standard InChI is InChI=1S/C10H16N4O/c1-7-5-9(13-12-7)10(15)14-4-3-8(6-14)11-2/h5,8,11H,3-4,6H2,1-2H3,(H,12,13). The van der Waals surface area contributed by atoms with E-state index in [9.17, 15) is 4.79 Å². The first-order valence-electron chi connectivity index (χ1n) is 5.19. The summed E-state index contributed by atoms with van der Waals surface area (Å²) >= 11 is 0. The Morgan fingerprint density at radius 1 is 1.73 bits per heavy atom. The first-order valence-corrected chi connectivity index (χ1v) is 5.19. The highest BCUT2D eigenvalue weighted by Crippen LogP contribution is 2.12. The van der Waals surface area contributed by atoms with Crippen molar-refractivity contribution >= 4 is 5.91 Å². The van der Waals surface area contributed by atoms with Gasteiger partial charge in [0.2, 0.25) is 0 Å². The molecule has 1 aliphatic rings. The summed E-state index contributed by atoms with van der Waals surface area (Å²) in [5.41, 5.74) is 1.44. The molecule has 1 aliphatic heterocycles. The number of likely N-dealkylation sites (N-methyl/N-ethyl adjacent to an activating group) is 1. The summed E-state index contributed by atoms with van der Waals surface area (Å²) in [7, 11) is 1.93. The SMILES string of the molecule is CNC1CCN(C(=O)c2cc(C)[nH]n2)C1. The smallest absolute Gasteiger partial charge is 0.274 e. The van der Waals surface area contributed by atoms with Crippen LogP contribution in [0.2, 0.25) is 0 Å². The van der Waals surface area contributed by atoms with Crippen molar-refractivity contribution in [2.75, 3.05) is 20.1 Å². The van der Waals surface area contributed by atoms with Crippen molar-refractivity contribution < 1.29 is 4.79 Å². The molecule has 0 saturated carbocycles. The molecule has 82 valence electrons. The Balaban J connectivity index is 2.03. The average molecular weight is 208 g/mol. The van der Waals surface area contributed by atoms with E-state index < -0.39 is 0 Å². The molecule has 2 rings (SSSR count). The zero-order chi connectivity index (χ0) is 10.8. The number of rotatable bonds is 2. The summed E-state index contributed by atoms with van der Waals surface area (Å²) in [6.07, 6.45) is 1.02. The number of carbonyl (C=O) groups is 1. The normalized spacial score (nSPS) is 20.9. The first kappa shape index (κ1) is 10.2. The zero-order valence-electron chi connectivity index (χ0n) is 9.08. The van der Waals surface area contributed by atoms with E-state index in [-0.39, 0.29) is 5.91 Å². The Kier molecular flexibility index (Phi) is 2.73. The molecule has 0 spiro atoms. The molecular weight excluding hydrogens is 192 g/mol. The van der Waals surface area contributed by atoms with Gasteiger partial charge < -0.3 is 10.2 Å². The van der Waals surface area contributed by atoms with E-state index in [2.05, 4.69) is 15.5 Å². The summed E-state index contributed by atoms with van der Waals surface area (Å²) in [6, 6.07) is 2.21. The summed E-state index contributed by atoms with van der Waals surface area (Å²) in [5, 5.41) is 9.94. The molecule has 5 heteroatoms. The van der Waals surface area contributed by atoms with Crippen LogP contribution in [0.25, 0.3) is 0 Å². The van der Waals surface area contributed by atoms with Crippen LogP contribution in [0, 0.1) is 6.92 Å². The summed E-state index contributed by atoms with van der Waals surface area (Å²) in [6.45, 7) is 3.49. The molecule has 1 amide bonds. The van der Waals surface area contributed by atoms with Gasteiger partial charge in [0.1, 0.15) is 5.69 Å². The Labute approximate surface area is 88.8 Å². The lowest BCUT2D eigenvalue weighted by Crippen LogP contribution is -2.33. The lowest BCUT2D eigenvalue weighted by atomic mass is 10.3. The average Bonchev–Trinajstić information content (AvgIpc) is 2.84. The summed E-state index contributed by atoms with van der Waals surface area (Å²) < 4.78 is 0. The number of aromatic nitrogens is 2. The molecule has 0 aliphatic carbocycles. The first-order chi connectivity index (χ1) is 7.20. The Hall–Kier alpha value is -1.36. The fourth-order valence-electron chi connectivity index (χ4n) is 1.87. The highest BCUT2D eigenvalue weighted by molar-refractivity contribution is 5.92. The van der Waals surface area contributed by atoms with Gasteiger partial charge in [-0.25, -0.2) is 0 Å². The number of carbonyl (C=O) groups excluding carboxylic acids is 1. The highest BCUT2D eigenvalue weighted by atomic mass is 16.2. The fraction of sp³-hybridized carbons (Fsp3) is 0.600. The third-order valence-electron chi connectivity index (χ3n) is 2.81. The number of likely N-dealkylation sites (tertiary alicyclic amines) is 1. The molecule has 1 aromatic rings. The molecule has 5 nitrogen and oxygen atoms in total. The Morgan fingerprint density at radius 3 is 3.07 bits per heavy atom. The minimum atomic E-state index is 0.0251. The zero-order valence-corrected chi connectivity index (χ0v) is 9.08. The number of amides is 1. The van der Waals surface area contributed by atoms with Gasteiger partial charge in [-0.1, -0.05) is 0 Å². The summed E-state index contributed by atoms with van der Waals surface area (Å²) in [5.74, 6) is 0.0251. The third kappa shape index (κ3) is 2.02. The second-order valence-electron chi connectivity index (χ2n) is 3.96. The van der Waals surface area contributed by atoms with E-state index in [1.54, 1.807) is 6.07 Å². The maximum absolute atomic E-state index is 11.9. The van der Waals surface area contributed by atoms with Gasteiger partial charge in [0.15, 0.2) is 0 Å². The molecule has 1 aromatic heterocycles. The lowest BCUT2D eigenvalue weighted by Gasteiger charge is -2.14. The molecule has 0 aromatic carbocycles. The minimum Gasteiger partial charge on any atom is -0.336 e. The second kappa shape index (κ2) is 4.02. The quantitative estimate of drug-likeness (QED) is 0.727. The number of hydrogen-bond donors (Lipinski definition) is 2. The van der Waals surface area contributed by atoms with Gasteiger partial charge in [-0.2, -0.15) is 5.10 Å². The van der Waals surface area contributed by atoms with Crippen LogP contribution in [0.1, 0.15) is 22.6 Å². The third-order valence-corrected chi connectivity index (χ3v) is 2.81. The molecule has 15 heavy (non-hydrogen) atoms. The van der Waals surface area contributed by atoms with E-state index >= 15 is 0 Å². The summed E-state index contributed by atoms with van der Waals surface area (Å²) in [4.78, 5) is 13.8. The monoisotopic (exact) mass is 208 g/mol. The van der Waals surface area contributed by atoms with Crippen LogP contribution in [0.3, 0.4) is 0 Å². The predicted octanol–water partition coefficient (Wildman–Crippen LogP) is 0.152. The van der Waals surface area contributed by atoms with Crippen LogP contribution in [-0.4, -0.2) is 47.2 Å². The van der Waals surface area contributed by atoms with Gasteiger partial charge in [-0.3, -0.25) is 9.89 Å². The molecular formula is C10H16N4O. The molecule has 2 heterocycles. The molecule has 1 unspecified atom stereocenters. The van der Waals surface area contributed by atoms with Crippen molar-refractivity contribution in [2.45, 2.75) is 19.4 Å². The minimum absolute atomic E-state index is 0.0251. The van der Waals surface area contributed by atoms with E-state index in [1.165, 1.54) is 0 Å². The molecule has 2 N–H and O–H groups in total. The van der Waals surface area contributed by atoms with Crippen LogP contribution in [0.15, 0.2) is 6.07 Å². The van der Waals surface area contributed by atoms with Crippen LogP contribution >= 0.6 is 0 Å². The molecule has 1 fully saturated rings. The number of aryl methyl sites for hydroxylation is 1. The van der Waals surface area contributed by atoms with Gasteiger partial charge in [-0.05, 0) is 26.5 Å². The van der Waals surface area contributed by atoms with E-state index in [0.717, 1.165) is 25.2 Å². The number of nitrogens with zero attached hydrogens (tertiary/aromatic N) is 2. The van der Waals surface area contributed by atoms with Gasteiger partial charge in [0.05, 0.1) is 0 Å². The molecule has 1 saturated heterocycles. The number of hydrogen-bond acceptors (Lipinski definition) is 3. The van der Waals surface area contributed by atoms with Crippen LogP contribution in [0.4, 0.5) is 0 Å². The molecule has 1 atom stereocenters. The predicted molar refractivity (Wildman–Crippen MR) is 56.7 cm³/mol. The highest BCUT2D eigenvalue weighted by Gasteiger charge is 2.26. The van der Waals surface area contributed by atoms with Crippen molar-refractivity contribution in [2.24, 2.45) is 0 Å². The van der Waals surface area contributed by atoms with E-state index in [0.29, 0.717) is 11.7 Å². The fourth-order valence-corrected chi connectivity index (χ4v) is 1.87. The van der Waals surface area contributed by atoms with Crippen molar-refractivity contribution in [3.8, 4) is 0 Å². The number of aromatic amines is 1. The largest absolute Gasteiger partial charge is 0.336 e. The molecule has 0 bridgehead atoms. The van der Waals surface area contributed by atoms with Gasteiger partial charge in [-0.15, -0.1) is 0 Å². The van der Waals surface area contributed by atoms with E-state index in [1.807, 2.05) is 18.9 Å². The van der Waals surface area contributed by atoms with Crippen molar-refractivity contribution in [1.29, 1.82) is 0 Å². The van der Waals surface area contributed by atoms with Crippen LogP contribution in [-0.2, 0) is 0 Å².